The Balaban J connectivity index is 0. The summed E-state index contributed by atoms with van der Waals surface area (Å²) in [5.41, 5.74) is 0.741. The third kappa shape index (κ3) is 9.99. The lowest BCUT2D eigenvalue weighted by Crippen LogP contribution is -2.33. The number of hydrogen-bond acceptors (Lipinski definition) is 5. The van der Waals surface area contributed by atoms with Crippen LogP contribution in [0.5, 0.6) is 0 Å². The number of ether oxygens (including phenoxy) is 2. The van der Waals surface area contributed by atoms with Gasteiger partial charge in [-0.3, -0.25) is 0 Å². The van der Waals surface area contributed by atoms with Crippen LogP contribution in [0.1, 0.15) is 27.2 Å². The first-order valence-corrected chi connectivity index (χ1v) is 5.76. The van der Waals surface area contributed by atoms with E-state index in [2.05, 4.69) is 21.7 Å². The second kappa shape index (κ2) is 13.2. The van der Waals surface area contributed by atoms with Crippen molar-refractivity contribution in [3.05, 3.63) is 11.6 Å². The van der Waals surface area contributed by atoms with Gasteiger partial charge in [-0.1, -0.05) is 19.9 Å². The largest absolute Gasteiger partial charge is 0.466 e. The van der Waals surface area contributed by atoms with Gasteiger partial charge in [0.2, 0.25) is 0 Å². The Kier molecular flexibility index (Phi) is 14.3. The van der Waals surface area contributed by atoms with Crippen LogP contribution in [0, 0.1) is 0 Å². The fourth-order valence-corrected chi connectivity index (χ4v) is 1.05. The molecule has 0 aromatic heterocycles. The predicted molar refractivity (Wildman–Crippen MR) is 67.6 cm³/mol. The maximum absolute atomic E-state index is 10.9. The van der Waals surface area contributed by atoms with Crippen molar-refractivity contribution in [3.63, 3.8) is 0 Å². The van der Waals surface area contributed by atoms with Gasteiger partial charge in [-0.25, -0.2) is 4.79 Å². The topological polar surface area (TPSA) is 67.8 Å². The number of rotatable bonds is 2. The maximum Gasteiger partial charge on any atom is 0.334 e. The van der Waals surface area contributed by atoms with Crippen LogP contribution in [0.15, 0.2) is 11.6 Å². The summed E-state index contributed by atoms with van der Waals surface area (Å²) in [7, 11) is 2.83. The van der Waals surface area contributed by atoms with Crippen molar-refractivity contribution in [2.45, 2.75) is 33.2 Å². The summed E-state index contributed by atoms with van der Waals surface area (Å²) in [6.45, 7) is 6.54. The summed E-state index contributed by atoms with van der Waals surface area (Å²) in [5.74, 6) is -0.218. The molecule has 1 unspecified atom stereocenters. The minimum Gasteiger partial charge on any atom is -0.466 e. The highest BCUT2D eigenvalue weighted by Gasteiger charge is 2.14. The van der Waals surface area contributed by atoms with E-state index < -0.39 is 0 Å². The van der Waals surface area contributed by atoms with Crippen LogP contribution in [-0.2, 0) is 14.3 Å². The van der Waals surface area contributed by atoms with Gasteiger partial charge in [0.1, 0.15) is 6.79 Å². The molecule has 0 saturated carbocycles. The van der Waals surface area contributed by atoms with E-state index in [1.807, 2.05) is 19.9 Å². The van der Waals surface area contributed by atoms with E-state index in [0.717, 1.165) is 12.0 Å². The van der Waals surface area contributed by atoms with Crippen LogP contribution in [0.25, 0.3) is 0 Å². The predicted octanol–water partition coefficient (Wildman–Crippen LogP) is 1.08. The molecule has 1 heterocycles. The van der Waals surface area contributed by atoms with Gasteiger partial charge >= 0.3 is 5.97 Å². The van der Waals surface area contributed by atoms with Gasteiger partial charge in [0.05, 0.1) is 7.11 Å². The average Bonchev–Trinajstić information content (AvgIpc) is 2.41. The van der Waals surface area contributed by atoms with E-state index in [4.69, 9.17) is 5.11 Å². The Morgan fingerprint density at radius 1 is 1.53 bits per heavy atom. The third-order valence-electron chi connectivity index (χ3n) is 1.94. The zero-order valence-corrected chi connectivity index (χ0v) is 11.4. The number of aliphatic hydroxyl groups excluding tert-OH is 1. The molecule has 17 heavy (non-hydrogen) atoms. The number of carbonyl (C=O) groups is 1. The van der Waals surface area contributed by atoms with Crippen LogP contribution in [0.2, 0.25) is 0 Å². The first-order valence-electron chi connectivity index (χ1n) is 5.76. The molecule has 0 aliphatic carbocycles. The molecule has 0 radical (unpaired) electrons. The number of esters is 1. The van der Waals surface area contributed by atoms with Gasteiger partial charge in [-0.15, -0.1) is 0 Å². The van der Waals surface area contributed by atoms with E-state index in [0.29, 0.717) is 12.6 Å². The van der Waals surface area contributed by atoms with Gasteiger partial charge in [-0.05, 0) is 13.3 Å². The second-order valence-electron chi connectivity index (χ2n) is 3.16. The van der Waals surface area contributed by atoms with Crippen molar-refractivity contribution in [3.8, 4) is 0 Å². The van der Waals surface area contributed by atoms with Gasteiger partial charge in [0.15, 0.2) is 0 Å². The maximum atomic E-state index is 10.9. The van der Waals surface area contributed by atoms with Gasteiger partial charge in [-0.2, -0.15) is 0 Å². The zero-order valence-electron chi connectivity index (χ0n) is 11.4. The van der Waals surface area contributed by atoms with Crippen molar-refractivity contribution < 1.29 is 19.4 Å². The molecule has 5 nitrogen and oxygen atoms in total. The van der Waals surface area contributed by atoms with E-state index in [9.17, 15) is 4.79 Å². The van der Waals surface area contributed by atoms with Crippen LogP contribution in [0.4, 0.5) is 0 Å². The fourth-order valence-electron chi connectivity index (χ4n) is 1.05. The third-order valence-corrected chi connectivity index (χ3v) is 1.94. The number of methoxy groups -OCH3 is 2. The number of carbonyl (C=O) groups excluding carboxylic acids is 1. The highest BCUT2D eigenvalue weighted by atomic mass is 16.6. The standard InChI is InChI=1S/C8H13NO2.C2H6O2.C2H6/c1-6-3-4-7(5-9-6)8(10)11-2;1-4-2-3;1-2/h4,6,9H,3,5H2,1-2H3;3H,2H2,1H3;1-2H3. The average molecular weight is 247 g/mol. The monoisotopic (exact) mass is 247 g/mol. The summed E-state index contributed by atoms with van der Waals surface area (Å²) in [6, 6.07) is 0.475. The van der Waals surface area contributed by atoms with Gasteiger partial charge in [0.25, 0.3) is 0 Å². The lowest BCUT2D eigenvalue weighted by Gasteiger charge is -2.18. The molecule has 1 aliphatic rings. The molecule has 2 N–H and O–H groups in total. The molecule has 0 aromatic rings. The highest BCUT2D eigenvalue weighted by Crippen LogP contribution is 2.06. The van der Waals surface area contributed by atoms with Crippen molar-refractivity contribution in [2.75, 3.05) is 27.6 Å². The molecule has 1 atom stereocenters. The first-order chi connectivity index (χ1) is 8.15. The minimum absolute atomic E-state index is 0.181. The molecule has 1 rings (SSSR count). The number of aliphatic hydroxyl groups is 1. The summed E-state index contributed by atoms with van der Waals surface area (Å²) in [6.07, 6.45) is 2.84. The summed E-state index contributed by atoms with van der Waals surface area (Å²) in [5, 5.41) is 10.8. The van der Waals surface area contributed by atoms with Gasteiger partial charge in [0, 0.05) is 25.3 Å². The molecule has 102 valence electrons. The van der Waals surface area contributed by atoms with E-state index in [1.54, 1.807) is 0 Å². The number of hydrogen-bond donors (Lipinski definition) is 2. The molecular formula is C12H25NO4. The van der Waals surface area contributed by atoms with Crippen molar-refractivity contribution >= 4 is 5.97 Å². The van der Waals surface area contributed by atoms with Gasteiger partial charge < -0.3 is 19.9 Å². The smallest absolute Gasteiger partial charge is 0.334 e. The van der Waals surface area contributed by atoms with Crippen LogP contribution >= 0.6 is 0 Å². The Labute approximate surface area is 104 Å². The van der Waals surface area contributed by atoms with E-state index in [-0.39, 0.29) is 12.8 Å². The molecule has 5 heteroatoms. The lowest BCUT2D eigenvalue weighted by atomic mass is 10.1. The van der Waals surface area contributed by atoms with Crippen LogP contribution < -0.4 is 5.32 Å². The van der Waals surface area contributed by atoms with E-state index in [1.165, 1.54) is 14.2 Å². The molecule has 0 fully saturated rings. The molecule has 0 saturated heterocycles. The highest BCUT2D eigenvalue weighted by molar-refractivity contribution is 5.88. The Morgan fingerprint density at radius 2 is 2.06 bits per heavy atom. The van der Waals surface area contributed by atoms with Crippen LogP contribution in [0.3, 0.4) is 0 Å². The number of nitrogens with one attached hydrogen (secondary N) is 1. The zero-order chi connectivity index (χ0) is 13.7. The molecule has 0 aromatic carbocycles. The fraction of sp³-hybridized carbons (Fsp3) is 0.750. The normalized spacial score (nSPS) is 17.8. The summed E-state index contributed by atoms with van der Waals surface area (Å²) < 4.78 is 8.67. The first kappa shape index (κ1) is 18.5. The quantitative estimate of drug-likeness (QED) is 0.564. The van der Waals surface area contributed by atoms with Crippen molar-refractivity contribution in [1.29, 1.82) is 0 Å². The Morgan fingerprint density at radius 3 is 2.35 bits per heavy atom. The Bertz CT molecular complexity index is 215. The SMILES string of the molecule is CC.COC(=O)C1=CCC(C)NC1.COCO. The van der Waals surface area contributed by atoms with Crippen molar-refractivity contribution in [1.82, 2.24) is 5.32 Å². The Hall–Kier alpha value is -0.910. The molecule has 1 aliphatic heterocycles. The summed E-state index contributed by atoms with van der Waals surface area (Å²) >= 11 is 0. The summed E-state index contributed by atoms with van der Waals surface area (Å²) in [4.78, 5) is 10.9. The molecule has 0 amide bonds. The second-order valence-corrected chi connectivity index (χ2v) is 3.16. The molecule has 0 spiro atoms. The lowest BCUT2D eigenvalue weighted by molar-refractivity contribution is -0.136. The molecule has 0 bridgehead atoms. The molecular weight excluding hydrogens is 222 g/mol. The minimum atomic E-state index is -0.218. The van der Waals surface area contributed by atoms with Crippen molar-refractivity contribution in [2.24, 2.45) is 0 Å². The van der Waals surface area contributed by atoms with E-state index >= 15 is 0 Å². The van der Waals surface area contributed by atoms with Crippen LogP contribution in [-0.4, -0.2) is 44.7 Å².